The first kappa shape index (κ1) is 11.4. The van der Waals surface area contributed by atoms with Gasteiger partial charge in [-0.2, -0.15) is 4.98 Å². The molecule has 0 spiro atoms. The molecule has 3 nitrogen and oxygen atoms in total. The molecule has 0 N–H and O–H groups in total. The topological polar surface area (TPSA) is 35.0 Å². The third-order valence-electron chi connectivity index (χ3n) is 1.92. The lowest BCUT2D eigenvalue weighted by atomic mass is 10.3. The Morgan fingerprint density at radius 3 is 2.62 bits per heavy atom. The molecule has 0 radical (unpaired) electrons. The highest BCUT2D eigenvalue weighted by molar-refractivity contribution is 9.10. The molecule has 0 fully saturated rings. The van der Waals surface area contributed by atoms with Crippen LogP contribution in [-0.2, 0) is 0 Å². The molecular formula is C11H8BrClN2O. The van der Waals surface area contributed by atoms with Gasteiger partial charge in [-0.1, -0.05) is 15.9 Å². The van der Waals surface area contributed by atoms with Gasteiger partial charge in [0.25, 0.3) is 0 Å². The van der Waals surface area contributed by atoms with Crippen molar-refractivity contribution in [1.29, 1.82) is 0 Å². The fourth-order valence-corrected chi connectivity index (χ4v) is 1.51. The van der Waals surface area contributed by atoms with Gasteiger partial charge in [-0.25, -0.2) is 4.98 Å². The van der Waals surface area contributed by atoms with E-state index in [1.165, 1.54) is 0 Å². The van der Waals surface area contributed by atoms with Gasteiger partial charge in [0.1, 0.15) is 5.75 Å². The second-order valence-corrected chi connectivity index (χ2v) is 4.44. The van der Waals surface area contributed by atoms with Crippen LogP contribution in [0.4, 0.5) is 0 Å². The minimum absolute atomic E-state index is 0.178. The molecule has 0 aliphatic heterocycles. The molecule has 0 unspecified atom stereocenters. The van der Waals surface area contributed by atoms with Crippen molar-refractivity contribution in [3.05, 3.63) is 45.8 Å². The van der Waals surface area contributed by atoms with Gasteiger partial charge in [0.2, 0.25) is 11.2 Å². The molecule has 0 atom stereocenters. The summed E-state index contributed by atoms with van der Waals surface area (Å²) in [6, 6.07) is 7.49. The molecule has 0 saturated heterocycles. The Hall–Kier alpha value is -1.13. The summed E-state index contributed by atoms with van der Waals surface area (Å²) in [4.78, 5) is 7.87. The molecule has 1 aromatic carbocycles. The number of ether oxygens (including phenoxy) is 1. The maximum atomic E-state index is 5.70. The molecule has 0 saturated carbocycles. The zero-order valence-corrected chi connectivity index (χ0v) is 10.8. The largest absolute Gasteiger partial charge is 0.439 e. The lowest BCUT2D eigenvalue weighted by Gasteiger charge is -2.06. The van der Waals surface area contributed by atoms with Gasteiger partial charge in [0.15, 0.2) is 0 Å². The average Bonchev–Trinajstić information content (AvgIpc) is 2.27. The van der Waals surface area contributed by atoms with E-state index >= 15 is 0 Å². The summed E-state index contributed by atoms with van der Waals surface area (Å²) in [6.07, 6.45) is 1.63. The van der Waals surface area contributed by atoms with Crippen molar-refractivity contribution in [3.8, 4) is 11.6 Å². The third kappa shape index (κ3) is 2.71. The number of rotatable bonds is 2. The summed E-state index contributed by atoms with van der Waals surface area (Å²) in [5.74, 6) is 1.18. The van der Waals surface area contributed by atoms with E-state index in [1.54, 1.807) is 6.20 Å². The van der Waals surface area contributed by atoms with Crippen molar-refractivity contribution in [2.75, 3.05) is 0 Å². The van der Waals surface area contributed by atoms with E-state index in [2.05, 4.69) is 25.9 Å². The predicted octanol–water partition coefficient (Wildman–Crippen LogP) is 3.99. The third-order valence-corrected chi connectivity index (χ3v) is 2.63. The molecular weight excluding hydrogens is 291 g/mol. The molecule has 2 aromatic rings. The lowest BCUT2D eigenvalue weighted by Crippen LogP contribution is -1.93. The number of nitrogens with zero attached hydrogens (tertiary/aromatic N) is 2. The SMILES string of the molecule is Cc1cnc(Cl)nc1Oc1ccc(Br)cc1. The number of hydrogen-bond acceptors (Lipinski definition) is 3. The van der Waals surface area contributed by atoms with Crippen LogP contribution < -0.4 is 4.74 Å². The summed E-state index contributed by atoms with van der Waals surface area (Å²) < 4.78 is 6.59. The number of aromatic nitrogens is 2. The van der Waals surface area contributed by atoms with E-state index in [1.807, 2.05) is 31.2 Å². The van der Waals surface area contributed by atoms with E-state index in [0.717, 1.165) is 10.0 Å². The first-order chi connectivity index (χ1) is 7.65. The Kier molecular flexibility index (Phi) is 3.41. The molecule has 1 aromatic heterocycles. The molecule has 0 bridgehead atoms. The fourth-order valence-electron chi connectivity index (χ4n) is 1.12. The molecule has 2 rings (SSSR count). The summed E-state index contributed by atoms with van der Waals surface area (Å²) in [5, 5.41) is 0.178. The zero-order valence-electron chi connectivity index (χ0n) is 8.45. The second kappa shape index (κ2) is 4.80. The Labute approximate surface area is 107 Å². The van der Waals surface area contributed by atoms with E-state index in [9.17, 15) is 0 Å². The normalized spacial score (nSPS) is 10.2. The summed E-state index contributed by atoms with van der Waals surface area (Å²) in [7, 11) is 0. The van der Waals surface area contributed by atoms with Crippen LogP contribution in [0.3, 0.4) is 0 Å². The molecule has 0 amide bonds. The van der Waals surface area contributed by atoms with Crippen LogP contribution in [0.1, 0.15) is 5.56 Å². The van der Waals surface area contributed by atoms with Gasteiger partial charge >= 0.3 is 0 Å². The Morgan fingerprint density at radius 2 is 1.94 bits per heavy atom. The van der Waals surface area contributed by atoms with E-state index < -0.39 is 0 Å². The van der Waals surface area contributed by atoms with Crippen LogP contribution in [-0.4, -0.2) is 9.97 Å². The average molecular weight is 300 g/mol. The van der Waals surface area contributed by atoms with Crippen LogP contribution in [0.15, 0.2) is 34.9 Å². The van der Waals surface area contributed by atoms with Gasteiger partial charge in [-0.05, 0) is 42.8 Å². The van der Waals surface area contributed by atoms with Crippen molar-refractivity contribution >= 4 is 27.5 Å². The highest BCUT2D eigenvalue weighted by Crippen LogP contribution is 2.24. The molecule has 16 heavy (non-hydrogen) atoms. The van der Waals surface area contributed by atoms with Crippen LogP contribution in [0.2, 0.25) is 5.28 Å². The van der Waals surface area contributed by atoms with Gasteiger partial charge in [-0.3, -0.25) is 0 Å². The highest BCUT2D eigenvalue weighted by Gasteiger charge is 2.04. The molecule has 0 aliphatic rings. The van der Waals surface area contributed by atoms with Crippen LogP contribution >= 0.6 is 27.5 Å². The van der Waals surface area contributed by atoms with Gasteiger partial charge in [-0.15, -0.1) is 0 Å². The van der Waals surface area contributed by atoms with E-state index in [4.69, 9.17) is 16.3 Å². The van der Waals surface area contributed by atoms with Crippen molar-refractivity contribution in [2.45, 2.75) is 6.92 Å². The number of benzene rings is 1. The van der Waals surface area contributed by atoms with Gasteiger partial charge in [0, 0.05) is 16.2 Å². The first-order valence-corrected chi connectivity index (χ1v) is 5.75. The maximum Gasteiger partial charge on any atom is 0.226 e. The Balaban J connectivity index is 2.26. The Morgan fingerprint density at radius 1 is 1.25 bits per heavy atom. The van der Waals surface area contributed by atoms with Crippen molar-refractivity contribution in [1.82, 2.24) is 9.97 Å². The Bertz CT molecular complexity index is 502. The molecule has 1 heterocycles. The predicted molar refractivity (Wildman–Crippen MR) is 66.0 cm³/mol. The maximum absolute atomic E-state index is 5.70. The smallest absolute Gasteiger partial charge is 0.226 e. The molecule has 0 aliphatic carbocycles. The number of aryl methyl sites for hydroxylation is 1. The van der Waals surface area contributed by atoms with Crippen LogP contribution in [0.5, 0.6) is 11.6 Å². The van der Waals surface area contributed by atoms with Crippen molar-refractivity contribution < 1.29 is 4.74 Å². The van der Waals surface area contributed by atoms with E-state index in [-0.39, 0.29) is 5.28 Å². The monoisotopic (exact) mass is 298 g/mol. The molecule has 5 heteroatoms. The van der Waals surface area contributed by atoms with E-state index in [0.29, 0.717) is 11.6 Å². The summed E-state index contributed by atoms with van der Waals surface area (Å²) in [5.41, 5.74) is 0.840. The van der Waals surface area contributed by atoms with Crippen molar-refractivity contribution in [2.24, 2.45) is 0 Å². The standard InChI is InChI=1S/C11H8BrClN2O/c1-7-6-14-11(13)15-10(7)16-9-4-2-8(12)3-5-9/h2-6H,1H3. The van der Waals surface area contributed by atoms with Crippen molar-refractivity contribution in [3.63, 3.8) is 0 Å². The number of halogens is 2. The first-order valence-electron chi connectivity index (χ1n) is 4.58. The minimum Gasteiger partial charge on any atom is -0.439 e. The zero-order chi connectivity index (χ0) is 11.5. The van der Waals surface area contributed by atoms with Crippen LogP contribution in [0, 0.1) is 6.92 Å². The fraction of sp³-hybridized carbons (Fsp3) is 0.0909. The molecule has 82 valence electrons. The lowest BCUT2D eigenvalue weighted by molar-refractivity contribution is 0.457. The minimum atomic E-state index is 0.178. The van der Waals surface area contributed by atoms with Gasteiger partial charge in [0.05, 0.1) is 0 Å². The summed E-state index contributed by atoms with van der Waals surface area (Å²) in [6.45, 7) is 1.87. The summed E-state index contributed by atoms with van der Waals surface area (Å²) >= 11 is 9.05. The quantitative estimate of drug-likeness (QED) is 0.786. The highest BCUT2D eigenvalue weighted by atomic mass is 79.9. The second-order valence-electron chi connectivity index (χ2n) is 3.18. The van der Waals surface area contributed by atoms with Crippen LogP contribution in [0.25, 0.3) is 0 Å². The van der Waals surface area contributed by atoms with Gasteiger partial charge < -0.3 is 4.74 Å². The number of hydrogen-bond donors (Lipinski definition) is 0.